The van der Waals surface area contributed by atoms with Gasteiger partial charge in [0.25, 0.3) is 0 Å². The zero-order valence-electron chi connectivity index (χ0n) is 13.2. The Morgan fingerprint density at radius 1 is 0.957 bits per heavy atom. The van der Waals surface area contributed by atoms with E-state index in [2.05, 4.69) is 5.10 Å². The minimum absolute atomic E-state index is 0.383. The normalized spacial score (nSPS) is 10.6. The van der Waals surface area contributed by atoms with Gasteiger partial charge in [0, 0.05) is 18.2 Å². The molecular weight excluding hydrogens is 290 g/mol. The molecule has 0 amide bonds. The molecule has 0 bridgehead atoms. The molecule has 23 heavy (non-hydrogen) atoms. The second-order valence-electron chi connectivity index (χ2n) is 5.07. The van der Waals surface area contributed by atoms with Gasteiger partial charge >= 0.3 is 0 Å². The lowest BCUT2D eigenvalue weighted by Crippen LogP contribution is -2.02. The molecule has 0 aliphatic heterocycles. The van der Waals surface area contributed by atoms with Crippen LogP contribution in [0.4, 0.5) is 0 Å². The molecular formula is C18H19N3O2. The third kappa shape index (κ3) is 3.05. The molecule has 0 unspecified atom stereocenters. The average molecular weight is 309 g/mol. The summed E-state index contributed by atoms with van der Waals surface area (Å²) >= 11 is 0. The fourth-order valence-corrected chi connectivity index (χ4v) is 2.46. The Balaban J connectivity index is 2.14. The summed E-state index contributed by atoms with van der Waals surface area (Å²) in [7, 11) is 3.31. The van der Waals surface area contributed by atoms with Crippen molar-refractivity contribution in [2.75, 3.05) is 14.2 Å². The number of aromatic nitrogens is 2. The van der Waals surface area contributed by atoms with Crippen molar-refractivity contribution in [2.45, 2.75) is 6.54 Å². The molecule has 0 saturated heterocycles. The highest BCUT2D eigenvalue weighted by Crippen LogP contribution is 2.28. The number of benzene rings is 2. The smallest absolute Gasteiger partial charge is 0.121 e. The van der Waals surface area contributed by atoms with Crippen LogP contribution >= 0.6 is 0 Å². The number of nitrogens with two attached hydrogens (primary N) is 1. The van der Waals surface area contributed by atoms with Crippen LogP contribution < -0.4 is 15.2 Å². The molecule has 3 rings (SSSR count). The van der Waals surface area contributed by atoms with Gasteiger partial charge < -0.3 is 15.2 Å². The molecule has 5 nitrogen and oxygen atoms in total. The summed E-state index contributed by atoms with van der Waals surface area (Å²) in [6.07, 6.45) is 0. The second-order valence-corrected chi connectivity index (χ2v) is 5.07. The van der Waals surface area contributed by atoms with Crippen LogP contribution in [0.1, 0.15) is 5.69 Å². The Kier molecular flexibility index (Phi) is 4.30. The lowest BCUT2D eigenvalue weighted by molar-refractivity contribution is 0.414. The van der Waals surface area contributed by atoms with E-state index in [-0.39, 0.29) is 0 Å². The first-order valence-electron chi connectivity index (χ1n) is 7.33. The van der Waals surface area contributed by atoms with Crippen LogP contribution in [0, 0.1) is 0 Å². The molecule has 0 aliphatic carbocycles. The van der Waals surface area contributed by atoms with Crippen molar-refractivity contribution < 1.29 is 9.47 Å². The summed E-state index contributed by atoms with van der Waals surface area (Å²) < 4.78 is 12.5. The molecule has 1 heterocycles. The van der Waals surface area contributed by atoms with Crippen LogP contribution in [0.5, 0.6) is 11.5 Å². The van der Waals surface area contributed by atoms with E-state index >= 15 is 0 Å². The minimum atomic E-state index is 0.383. The Morgan fingerprint density at radius 2 is 1.65 bits per heavy atom. The zero-order valence-corrected chi connectivity index (χ0v) is 13.2. The molecule has 0 spiro atoms. The highest BCUT2D eigenvalue weighted by Gasteiger charge is 2.12. The van der Waals surface area contributed by atoms with Crippen molar-refractivity contribution in [3.05, 3.63) is 60.3 Å². The third-order valence-corrected chi connectivity index (χ3v) is 3.63. The van der Waals surface area contributed by atoms with Gasteiger partial charge in [-0.2, -0.15) is 5.10 Å². The van der Waals surface area contributed by atoms with Crippen molar-refractivity contribution in [3.63, 3.8) is 0 Å². The molecule has 0 aliphatic rings. The predicted octanol–water partition coefficient (Wildman–Crippen LogP) is 3.02. The molecule has 0 atom stereocenters. The molecule has 2 N–H and O–H groups in total. The van der Waals surface area contributed by atoms with E-state index < -0.39 is 0 Å². The van der Waals surface area contributed by atoms with E-state index in [0.717, 1.165) is 34.1 Å². The molecule has 1 aromatic heterocycles. The van der Waals surface area contributed by atoms with E-state index in [9.17, 15) is 0 Å². The second kappa shape index (κ2) is 6.54. The maximum absolute atomic E-state index is 5.78. The van der Waals surface area contributed by atoms with Crippen molar-refractivity contribution >= 4 is 0 Å². The quantitative estimate of drug-likeness (QED) is 0.787. The van der Waals surface area contributed by atoms with Gasteiger partial charge in [-0.05, 0) is 30.3 Å². The lowest BCUT2D eigenvalue weighted by atomic mass is 10.1. The van der Waals surface area contributed by atoms with Crippen LogP contribution in [0.3, 0.4) is 0 Å². The molecule has 0 radical (unpaired) electrons. The monoisotopic (exact) mass is 309 g/mol. The Hall–Kier alpha value is -2.79. The number of rotatable bonds is 5. The largest absolute Gasteiger partial charge is 0.497 e. The maximum Gasteiger partial charge on any atom is 0.121 e. The van der Waals surface area contributed by atoms with Crippen molar-refractivity contribution in [1.29, 1.82) is 0 Å². The van der Waals surface area contributed by atoms with Crippen LogP contribution in [0.25, 0.3) is 16.9 Å². The fourth-order valence-electron chi connectivity index (χ4n) is 2.46. The number of hydrogen-bond acceptors (Lipinski definition) is 4. The first-order valence-corrected chi connectivity index (χ1v) is 7.33. The third-order valence-electron chi connectivity index (χ3n) is 3.63. The van der Waals surface area contributed by atoms with E-state index in [1.54, 1.807) is 14.2 Å². The molecule has 3 aromatic rings. The number of ether oxygens (including phenoxy) is 2. The van der Waals surface area contributed by atoms with Gasteiger partial charge in [-0.25, -0.2) is 4.68 Å². The van der Waals surface area contributed by atoms with Crippen molar-refractivity contribution in [3.8, 4) is 28.4 Å². The highest BCUT2D eigenvalue weighted by molar-refractivity contribution is 5.64. The Morgan fingerprint density at radius 3 is 2.35 bits per heavy atom. The Labute approximate surface area is 135 Å². The van der Waals surface area contributed by atoms with Gasteiger partial charge in [0.05, 0.1) is 31.3 Å². The number of hydrogen-bond donors (Lipinski definition) is 1. The van der Waals surface area contributed by atoms with Crippen LogP contribution in [0.15, 0.2) is 54.6 Å². The van der Waals surface area contributed by atoms with Gasteiger partial charge in [0.15, 0.2) is 0 Å². The van der Waals surface area contributed by atoms with E-state index in [1.165, 1.54) is 0 Å². The average Bonchev–Trinajstić information content (AvgIpc) is 3.06. The van der Waals surface area contributed by atoms with Crippen molar-refractivity contribution in [1.82, 2.24) is 9.78 Å². The summed E-state index contributed by atoms with van der Waals surface area (Å²) in [5.41, 5.74) is 9.49. The predicted molar refractivity (Wildman–Crippen MR) is 90.0 cm³/mol. The van der Waals surface area contributed by atoms with E-state index in [1.807, 2.05) is 59.3 Å². The lowest BCUT2D eigenvalue weighted by Gasteiger charge is -2.10. The summed E-state index contributed by atoms with van der Waals surface area (Å²) in [5.74, 6) is 1.58. The summed E-state index contributed by atoms with van der Waals surface area (Å²) in [6, 6.07) is 17.6. The first kappa shape index (κ1) is 15.1. The van der Waals surface area contributed by atoms with E-state index in [0.29, 0.717) is 6.54 Å². The van der Waals surface area contributed by atoms with Gasteiger partial charge in [-0.3, -0.25) is 0 Å². The molecule has 118 valence electrons. The fraction of sp³-hybridized carbons (Fsp3) is 0.167. The van der Waals surface area contributed by atoms with Crippen LogP contribution in [0.2, 0.25) is 0 Å². The topological polar surface area (TPSA) is 62.3 Å². The summed E-state index contributed by atoms with van der Waals surface area (Å²) in [4.78, 5) is 0. The standard InChI is InChI=1S/C18H19N3O2/c1-22-16-7-3-5-13(9-16)18-10-14(12-19)20-21(18)15-6-4-8-17(11-15)23-2/h3-11H,12,19H2,1-2H3. The molecule has 2 aromatic carbocycles. The minimum Gasteiger partial charge on any atom is -0.497 e. The Bertz CT molecular complexity index is 747. The summed E-state index contributed by atoms with van der Waals surface area (Å²) in [6.45, 7) is 0.383. The van der Waals surface area contributed by atoms with Gasteiger partial charge in [-0.1, -0.05) is 18.2 Å². The summed E-state index contributed by atoms with van der Waals surface area (Å²) in [5, 5.41) is 4.60. The maximum atomic E-state index is 5.78. The van der Waals surface area contributed by atoms with Gasteiger partial charge in [-0.15, -0.1) is 0 Å². The van der Waals surface area contributed by atoms with Crippen LogP contribution in [-0.4, -0.2) is 24.0 Å². The van der Waals surface area contributed by atoms with Gasteiger partial charge in [0.1, 0.15) is 11.5 Å². The van der Waals surface area contributed by atoms with E-state index in [4.69, 9.17) is 15.2 Å². The SMILES string of the molecule is COc1cccc(-c2cc(CN)nn2-c2cccc(OC)c2)c1. The molecule has 5 heteroatoms. The first-order chi connectivity index (χ1) is 11.2. The number of nitrogens with zero attached hydrogens (tertiary/aromatic N) is 2. The zero-order chi connectivity index (χ0) is 16.2. The highest BCUT2D eigenvalue weighted by atomic mass is 16.5. The van der Waals surface area contributed by atoms with Crippen molar-refractivity contribution in [2.24, 2.45) is 5.73 Å². The molecule has 0 saturated carbocycles. The molecule has 0 fully saturated rings. The van der Waals surface area contributed by atoms with Crippen LogP contribution in [-0.2, 0) is 6.54 Å². The number of methoxy groups -OCH3 is 2. The van der Waals surface area contributed by atoms with Gasteiger partial charge in [0.2, 0.25) is 0 Å².